The molecular formula is C73H87NO8. The van der Waals surface area contributed by atoms with Gasteiger partial charge in [-0.25, -0.2) is 4.79 Å². The van der Waals surface area contributed by atoms with E-state index in [4.69, 9.17) is 9.47 Å². The Morgan fingerprint density at radius 1 is 0.817 bits per heavy atom. The maximum atomic E-state index is 15.8. The molecule has 3 aliphatic heterocycles. The Balaban J connectivity index is 0.871. The van der Waals surface area contributed by atoms with Gasteiger partial charge in [0, 0.05) is 52.7 Å². The number of hydrogen-bond donors (Lipinski definition) is 5. The minimum absolute atomic E-state index is 0.0163. The molecule has 2 spiro atoms. The first kappa shape index (κ1) is 53.1. The molecule has 0 radical (unpaired) electrons. The number of fused-ring (bicyclic) bond motifs is 12. The molecule has 11 aliphatic carbocycles. The number of hydrogen-bond acceptors (Lipinski definition) is 9. The number of nitrogens with one attached hydrogen (secondary N) is 1. The number of carbonyl (C=O) groups excluding carboxylic acids is 2. The summed E-state index contributed by atoms with van der Waals surface area (Å²) in [5.74, 6) is 7.64. The third kappa shape index (κ3) is 7.39. The predicted octanol–water partition coefficient (Wildman–Crippen LogP) is 10.4. The lowest BCUT2D eigenvalue weighted by Crippen LogP contribution is -2.83. The second-order valence-electron chi connectivity index (χ2n) is 30.0. The summed E-state index contributed by atoms with van der Waals surface area (Å²) in [6.45, 7) is -0.102. The Kier molecular flexibility index (Phi) is 12.5. The number of benzene rings is 3. The predicted molar refractivity (Wildman–Crippen MR) is 312 cm³/mol. The Bertz CT molecular complexity index is 3180. The number of ether oxygens (including phenoxy) is 2. The molecule has 0 unspecified atom stereocenters. The number of carbonyl (C=O) groups is 2. The van der Waals surface area contributed by atoms with Crippen molar-refractivity contribution in [3.63, 3.8) is 0 Å². The lowest BCUT2D eigenvalue weighted by Gasteiger charge is -2.75. The van der Waals surface area contributed by atoms with Crippen molar-refractivity contribution in [3.8, 4) is 11.8 Å². The SMILES string of the molecule is CN[C@H]1Cc2c(cccc2CO)C#CCC[C@]23CC[C@H]4[C@@](O)(C[C@H]5C[C@H]6[C@@H]7CC=C[C@@H]6C[C@H]6[C@H]8O[C@@H](Cc9cccc(c9)C[C@@H]9CC[C@@H]7C9)C[C@@H]7C[C@H](CCc9ccccc9)C[C@@]78C[C@@]4(C=O)[C@]56O)[C@@]2(O)C[C@@H]2C[C@@H]1[C@@H]1OC(=O)C=C1[C@@H]23. The molecule has 0 aromatic heterocycles. The Morgan fingerprint density at radius 3 is 2.51 bits per heavy atom. The normalized spacial score (nSPS) is 47.8. The first-order chi connectivity index (χ1) is 39.8. The van der Waals surface area contributed by atoms with Gasteiger partial charge in [-0.1, -0.05) is 90.7 Å². The van der Waals surface area contributed by atoms with Gasteiger partial charge >= 0.3 is 5.97 Å². The summed E-state index contributed by atoms with van der Waals surface area (Å²) < 4.78 is 14.4. The van der Waals surface area contributed by atoms with Gasteiger partial charge in [-0.3, -0.25) is 0 Å². The molecular weight excluding hydrogens is 1020 g/mol. The van der Waals surface area contributed by atoms with Crippen LogP contribution in [-0.2, 0) is 51.4 Å². The molecule has 3 aromatic carbocycles. The first-order valence-corrected chi connectivity index (χ1v) is 32.7. The number of likely N-dealkylation sites (N-methyl/N-ethyl adjacent to an activating group) is 1. The van der Waals surface area contributed by atoms with Crippen LogP contribution in [0.2, 0.25) is 0 Å². The summed E-state index contributed by atoms with van der Waals surface area (Å²) in [7, 11) is 1.98. The molecule has 82 heavy (non-hydrogen) atoms. The zero-order valence-corrected chi connectivity index (χ0v) is 48.2. The van der Waals surface area contributed by atoms with Crippen molar-refractivity contribution >= 4 is 12.3 Å². The largest absolute Gasteiger partial charge is 0.454 e. The molecule has 8 saturated carbocycles. The number of esters is 1. The highest BCUT2D eigenvalue weighted by Crippen LogP contribution is 2.81. The van der Waals surface area contributed by atoms with Crippen molar-refractivity contribution in [2.24, 2.45) is 93.2 Å². The van der Waals surface area contributed by atoms with Gasteiger partial charge < -0.3 is 40.0 Å². The van der Waals surface area contributed by atoms with Crippen molar-refractivity contribution in [2.45, 2.75) is 189 Å². The van der Waals surface area contributed by atoms with Crippen LogP contribution in [0, 0.1) is 105 Å². The molecule has 1 saturated heterocycles. The van der Waals surface area contributed by atoms with Crippen LogP contribution in [0.25, 0.3) is 0 Å². The van der Waals surface area contributed by atoms with E-state index in [0.717, 1.165) is 80.1 Å². The fraction of sp³-hybridized carbons (Fsp3) is 0.644. The van der Waals surface area contributed by atoms with Gasteiger partial charge in [-0.2, -0.15) is 0 Å². The monoisotopic (exact) mass is 1110 g/mol. The van der Waals surface area contributed by atoms with Crippen LogP contribution >= 0.6 is 0 Å². The fourth-order valence-electron chi connectivity index (χ4n) is 24.4. The Labute approximate surface area is 485 Å². The Morgan fingerprint density at radius 2 is 1.67 bits per heavy atom. The summed E-state index contributed by atoms with van der Waals surface area (Å²) >= 11 is 0. The van der Waals surface area contributed by atoms with Crippen molar-refractivity contribution in [1.82, 2.24) is 5.32 Å². The molecule has 432 valence electrons. The number of rotatable bonds is 6. The highest BCUT2D eigenvalue weighted by molar-refractivity contribution is 5.86. The minimum Gasteiger partial charge on any atom is -0.454 e. The van der Waals surface area contributed by atoms with Gasteiger partial charge in [0.2, 0.25) is 0 Å². The van der Waals surface area contributed by atoms with E-state index in [2.05, 4.69) is 83.9 Å². The van der Waals surface area contributed by atoms with E-state index in [1.54, 1.807) is 6.08 Å². The Hall–Kier alpha value is -4.40. The number of aldehydes is 1. The molecule has 14 aliphatic rings. The summed E-state index contributed by atoms with van der Waals surface area (Å²) in [6.07, 6.45) is 24.6. The van der Waals surface area contributed by atoms with E-state index >= 15 is 20.1 Å². The van der Waals surface area contributed by atoms with Gasteiger partial charge in [0.25, 0.3) is 0 Å². The van der Waals surface area contributed by atoms with Gasteiger partial charge in [0.15, 0.2) is 0 Å². The van der Waals surface area contributed by atoms with Crippen molar-refractivity contribution in [3.05, 3.63) is 130 Å². The topological polar surface area (TPSA) is 146 Å². The lowest BCUT2D eigenvalue weighted by atomic mass is 9.33. The molecule has 9 fully saturated rings. The van der Waals surface area contributed by atoms with E-state index in [1.165, 1.54) is 42.2 Å². The second-order valence-corrected chi connectivity index (χ2v) is 30.0. The highest BCUT2D eigenvalue weighted by Gasteiger charge is 2.85. The van der Waals surface area contributed by atoms with E-state index in [9.17, 15) is 9.90 Å². The molecule has 17 rings (SSSR count). The number of aliphatic hydroxyl groups excluding tert-OH is 1. The molecule has 3 aromatic rings. The number of allylic oxidation sites excluding steroid dienone is 2. The van der Waals surface area contributed by atoms with E-state index in [-0.39, 0.29) is 78.7 Å². The quantitative estimate of drug-likeness (QED) is 0.0705. The van der Waals surface area contributed by atoms with Gasteiger partial charge in [-0.15, -0.1) is 0 Å². The highest BCUT2D eigenvalue weighted by atomic mass is 16.5. The molecule has 3 heterocycles. The maximum Gasteiger partial charge on any atom is 0.331 e. The fourth-order valence-corrected chi connectivity index (χ4v) is 24.4. The third-order valence-corrected chi connectivity index (χ3v) is 27.2. The summed E-state index contributed by atoms with van der Waals surface area (Å²) in [6, 6.07) is 26.2. The van der Waals surface area contributed by atoms with E-state index in [0.29, 0.717) is 81.5 Å². The third-order valence-electron chi connectivity index (χ3n) is 27.2. The number of aryl methyl sites for hydroxylation is 1. The number of aliphatic hydroxyl groups is 4. The molecule has 23 atom stereocenters. The lowest BCUT2D eigenvalue weighted by molar-refractivity contribution is -0.366. The zero-order valence-electron chi connectivity index (χ0n) is 48.2. The van der Waals surface area contributed by atoms with Crippen LogP contribution in [0.3, 0.4) is 0 Å². The minimum atomic E-state index is -1.74. The standard InChI is InChI=1S/C73H87NO8/c1-74-62-35-57-48(15-8-17-51(57)40-75)14-5-6-24-69-25-23-63-70(42-76)41-68-37-47(20-19-43-10-3-2-4-11-43)29-53(68)33-55-30-45-13-7-12-44(26-45)27-46-21-22-50(28-46)56-18-9-16-49-32-61(67(68)81-55)73(70,80)54(34-58(49)56)39-71(63,78)72(69,79)38-52-31-59(62)66-60(65(52)69)36-64(77)82-66/h2-4,7-13,15-17,26,36,42,46-47,49-50,52-56,58-59,61-63,65-67,74-75,78-80H,6,18-25,27-35,37-41H2,1H3/t46-,47-,49+,50+,52-,53-,54+,55-,56+,58+,59-,61-,62-,63+,65+,66-,67+,68+,69+,70-,71-,72+,73-/m0/s1. The molecule has 14 bridgehead atoms. The molecule has 9 nitrogen and oxygen atoms in total. The summed E-state index contributed by atoms with van der Waals surface area (Å²) in [5, 5.41) is 59.8. The van der Waals surface area contributed by atoms with E-state index < -0.39 is 51.0 Å². The van der Waals surface area contributed by atoms with E-state index in [1.807, 2.05) is 25.2 Å². The first-order valence-electron chi connectivity index (χ1n) is 32.7. The van der Waals surface area contributed by atoms with Crippen LogP contribution in [-0.4, -0.2) is 80.9 Å². The zero-order chi connectivity index (χ0) is 55.5. The van der Waals surface area contributed by atoms with Crippen LogP contribution in [0.4, 0.5) is 0 Å². The van der Waals surface area contributed by atoms with Crippen LogP contribution in [0.15, 0.2) is 96.6 Å². The van der Waals surface area contributed by atoms with Crippen molar-refractivity contribution in [1.29, 1.82) is 0 Å². The second kappa shape index (κ2) is 19.3. The van der Waals surface area contributed by atoms with Gasteiger partial charge in [0.1, 0.15) is 18.0 Å². The van der Waals surface area contributed by atoms with Crippen LogP contribution in [0.5, 0.6) is 0 Å². The van der Waals surface area contributed by atoms with Gasteiger partial charge in [-0.05, 0) is 241 Å². The average Bonchev–Trinajstić information content (AvgIpc) is 1.51. The van der Waals surface area contributed by atoms with Gasteiger partial charge in [0.05, 0.1) is 35.4 Å². The summed E-state index contributed by atoms with van der Waals surface area (Å²) in [5.41, 5.74) is 0.296. The van der Waals surface area contributed by atoms with Crippen LogP contribution in [0.1, 0.15) is 149 Å². The molecule has 9 heteroatoms. The van der Waals surface area contributed by atoms with Crippen LogP contribution < -0.4 is 5.32 Å². The average molecular weight is 1110 g/mol. The van der Waals surface area contributed by atoms with Crippen molar-refractivity contribution in [2.75, 3.05) is 7.05 Å². The summed E-state index contributed by atoms with van der Waals surface area (Å²) in [4.78, 5) is 29.7. The molecule has 5 N–H and O–H groups in total. The smallest absolute Gasteiger partial charge is 0.331 e. The molecule has 0 amide bonds. The maximum absolute atomic E-state index is 15.8. The van der Waals surface area contributed by atoms with Crippen molar-refractivity contribution < 1.29 is 39.5 Å².